The second-order valence-corrected chi connectivity index (χ2v) is 7.49. The topological polar surface area (TPSA) is 72.2 Å². The summed E-state index contributed by atoms with van der Waals surface area (Å²) in [5.41, 5.74) is 0.217. The van der Waals surface area contributed by atoms with Crippen molar-refractivity contribution in [1.82, 2.24) is 4.98 Å². The van der Waals surface area contributed by atoms with Crippen molar-refractivity contribution in [2.24, 2.45) is 11.8 Å². The fourth-order valence-electron chi connectivity index (χ4n) is 2.47. The lowest BCUT2D eigenvalue weighted by atomic mass is 9.92. The molecule has 0 spiro atoms. The van der Waals surface area contributed by atoms with E-state index in [4.69, 9.17) is 32.7 Å². The molecule has 1 aromatic heterocycles. The first kappa shape index (κ1) is 22.7. The lowest BCUT2D eigenvalue weighted by Gasteiger charge is -2.20. The lowest BCUT2D eigenvalue weighted by molar-refractivity contribution is -0.153. The molecule has 0 N–H and O–H groups in total. The molecule has 0 fully saturated rings. The monoisotopic (exact) mass is 436 g/mol. The third kappa shape index (κ3) is 7.04. The normalized spacial score (nSPS) is 12.6. The van der Waals surface area contributed by atoms with Gasteiger partial charge in [-0.3, -0.25) is 4.79 Å². The van der Waals surface area contributed by atoms with Gasteiger partial charge in [0.25, 0.3) is 0 Å². The van der Waals surface area contributed by atoms with E-state index in [1.165, 1.54) is 30.3 Å². The van der Waals surface area contributed by atoms with Crippen molar-refractivity contribution in [2.45, 2.75) is 26.4 Å². The van der Waals surface area contributed by atoms with Crippen LogP contribution in [0.1, 0.15) is 32.1 Å². The van der Waals surface area contributed by atoms with Crippen LogP contribution in [0, 0.1) is 29.0 Å². The maximum atomic E-state index is 13.0. The first-order valence-corrected chi connectivity index (χ1v) is 9.57. The number of carbonyl (C=O) groups is 1. The highest BCUT2D eigenvalue weighted by Crippen LogP contribution is 2.26. The number of nitrogens with zero attached hydrogens (tertiary/aromatic N) is 2. The van der Waals surface area contributed by atoms with Crippen molar-refractivity contribution in [1.29, 1.82) is 5.26 Å². The Labute approximate surface area is 178 Å². The number of aromatic nitrogens is 1. The Balaban J connectivity index is 2.14. The summed E-state index contributed by atoms with van der Waals surface area (Å²) in [4.78, 5) is 16.8. The molecule has 2 atom stereocenters. The highest BCUT2D eigenvalue weighted by molar-refractivity contribution is 6.55. The van der Waals surface area contributed by atoms with Gasteiger partial charge < -0.3 is 9.47 Å². The average molecular weight is 437 g/mol. The number of pyridine rings is 1. The Kier molecular flexibility index (Phi) is 8.44. The second-order valence-electron chi connectivity index (χ2n) is 6.48. The van der Waals surface area contributed by atoms with E-state index in [0.717, 1.165) is 0 Å². The van der Waals surface area contributed by atoms with Crippen LogP contribution in [-0.2, 0) is 9.53 Å². The van der Waals surface area contributed by atoms with Gasteiger partial charge in [-0.15, -0.1) is 0 Å². The first-order valence-electron chi connectivity index (χ1n) is 8.81. The Hall–Kier alpha value is -2.62. The third-order valence-corrected chi connectivity index (χ3v) is 4.34. The number of hydrogen-bond acceptors (Lipinski definition) is 5. The van der Waals surface area contributed by atoms with Crippen LogP contribution in [0.2, 0.25) is 0 Å². The summed E-state index contributed by atoms with van der Waals surface area (Å²) >= 11 is 11.3. The van der Waals surface area contributed by atoms with E-state index < -0.39 is 18.0 Å². The zero-order valence-electron chi connectivity index (χ0n) is 15.8. The Morgan fingerprint density at radius 2 is 1.93 bits per heavy atom. The minimum absolute atomic E-state index is 0.0492. The Morgan fingerprint density at radius 1 is 1.24 bits per heavy atom. The van der Waals surface area contributed by atoms with Gasteiger partial charge in [-0.1, -0.05) is 49.2 Å². The predicted octanol–water partition coefficient (Wildman–Crippen LogP) is 6.10. The summed E-state index contributed by atoms with van der Waals surface area (Å²) in [5.74, 6) is -0.942. The molecule has 0 amide bonds. The van der Waals surface area contributed by atoms with Crippen LogP contribution >= 0.6 is 23.2 Å². The molecule has 0 aliphatic carbocycles. The molecule has 1 aromatic carbocycles. The summed E-state index contributed by atoms with van der Waals surface area (Å²) in [6.07, 6.45) is 0.597. The van der Waals surface area contributed by atoms with Crippen LogP contribution < -0.4 is 4.74 Å². The molecule has 0 bridgehead atoms. The van der Waals surface area contributed by atoms with Crippen LogP contribution in [0.25, 0.3) is 0 Å². The number of hydrogen-bond donors (Lipinski definition) is 0. The number of allylic oxidation sites excluding steroid dienone is 1. The van der Waals surface area contributed by atoms with E-state index in [9.17, 15) is 14.4 Å². The molecular formula is C21H19Cl2FN2O3. The van der Waals surface area contributed by atoms with Gasteiger partial charge in [0.15, 0.2) is 0 Å². The number of benzene rings is 1. The fraction of sp³-hybridized carbons (Fsp3) is 0.286. The van der Waals surface area contributed by atoms with Crippen molar-refractivity contribution in [3.05, 3.63) is 64.5 Å². The zero-order chi connectivity index (χ0) is 21.4. The van der Waals surface area contributed by atoms with E-state index >= 15 is 0 Å². The summed E-state index contributed by atoms with van der Waals surface area (Å²) in [5, 5.41) is 9.47. The van der Waals surface area contributed by atoms with E-state index in [1.807, 2.05) is 19.9 Å². The van der Waals surface area contributed by atoms with Gasteiger partial charge in [0.2, 0.25) is 12.0 Å². The average Bonchev–Trinajstić information content (AvgIpc) is 2.67. The predicted molar refractivity (Wildman–Crippen MR) is 108 cm³/mol. The molecule has 2 aromatic rings. The molecule has 0 aliphatic heterocycles. The molecule has 2 unspecified atom stereocenters. The van der Waals surface area contributed by atoms with E-state index in [-0.39, 0.29) is 34.2 Å². The lowest BCUT2D eigenvalue weighted by Crippen LogP contribution is -2.24. The maximum absolute atomic E-state index is 13.0. The molecule has 1 heterocycles. The van der Waals surface area contributed by atoms with Gasteiger partial charge in [-0.2, -0.15) is 5.26 Å². The van der Waals surface area contributed by atoms with Crippen LogP contribution in [0.4, 0.5) is 4.39 Å². The molecule has 152 valence electrons. The SMILES string of the molecule is CC(C)C(CC=C(Cl)Cl)C(=O)OC(C#N)c1cccc(Oc2ccc(F)cc2)n1. The van der Waals surface area contributed by atoms with E-state index in [0.29, 0.717) is 5.75 Å². The largest absolute Gasteiger partial charge is 0.440 e. The number of halogens is 3. The number of rotatable bonds is 8. The highest BCUT2D eigenvalue weighted by atomic mass is 35.5. The minimum Gasteiger partial charge on any atom is -0.440 e. The summed E-state index contributed by atoms with van der Waals surface area (Å²) in [6.45, 7) is 3.72. The van der Waals surface area contributed by atoms with Gasteiger partial charge in [0.05, 0.1) is 11.6 Å². The quantitative estimate of drug-likeness (QED) is 0.467. The number of ether oxygens (including phenoxy) is 2. The molecule has 29 heavy (non-hydrogen) atoms. The van der Waals surface area contributed by atoms with Crippen molar-refractivity contribution >= 4 is 29.2 Å². The Morgan fingerprint density at radius 3 is 2.52 bits per heavy atom. The molecule has 2 rings (SSSR count). The van der Waals surface area contributed by atoms with Crippen molar-refractivity contribution in [3.63, 3.8) is 0 Å². The zero-order valence-corrected chi connectivity index (χ0v) is 17.3. The maximum Gasteiger partial charge on any atom is 0.311 e. The summed E-state index contributed by atoms with van der Waals surface area (Å²) in [6, 6.07) is 12.1. The molecule has 0 saturated heterocycles. The highest BCUT2D eigenvalue weighted by Gasteiger charge is 2.27. The molecule has 0 radical (unpaired) electrons. The van der Waals surface area contributed by atoms with Crippen molar-refractivity contribution in [2.75, 3.05) is 0 Å². The van der Waals surface area contributed by atoms with Gasteiger partial charge in [0.1, 0.15) is 22.1 Å². The van der Waals surface area contributed by atoms with Crippen molar-refractivity contribution in [3.8, 4) is 17.7 Å². The van der Waals surface area contributed by atoms with Crippen LogP contribution in [0.3, 0.4) is 0 Å². The van der Waals surface area contributed by atoms with Gasteiger partial charge in [-0.05, 0) is 42.7 Å². The van der Waals surface area contributed by atoms with Crippen LogP contribution in [-0.4, -0.2) is 11.0 Å². The van der Waals surface area contributed by atoms with Crippen LogP contribution in [0.15, 0.2) is 53.0 Å². The molecule has 8 heteroatoms. The Bertz CT molecular complexity index is 907. The fourth-order valence-corrected chi connectivity index (χ4v) is 2.65. The number of esters is 1. The third-order valence-electron chi connectivity index (χ3n) is 4.03. The molecular weight excluding hydrogens is 418 g/mol. The standard InChI is InChI=1S/C21H19Cl2FN2O3/c1-13(2)16(10-11-19(22)23)21(27)29-18(12-25)17-4-3-5-20(26-17)28-15-8-6-14(24)7-9-15/h3-9,11,13,16,18H,10H2,1-2H3. The van der Waals surface area contributed by atoms with E-state index in [1.54, 1.807) is 18.2 Å². The van der Waals surface area contributed by atoms with Gasteiger partial charge in [-0.25, -0.2) is 9.37 Å². The molecule has 5 nitrogen and oxygen atoms in total. The minimum atomic E-state index is -1.21. The van der Waals surface area contributed by atoms with Crippen molar-refractivity contribution < 1.29 is 18.7 Å². The first-order chi connectivity index (χ1) is 13.8. The van der Waals surface area contributed by atoms with Crippen LogP contribution in [0.5, 0.6) is 11.6 Å². The molecule has 0 saturated carbocycles. The summed E-state index contributed by atoms with van der Waals surface area (Å²) in [7, 11) is 0. The summed E-state index contributed by atoms with van der Waals surface area (Å²) < 4.78 is 24.0. The smallest absolute Gasteiger partial charge is 0.311 e. The van der Waals surface area contributed by atoms with Gasteiger partial charge in [0, 0.05) is 6.07 Å². The van der Waals surface area contributed by atoms with E-state index in [2.05, 4.69) is 4.98 Å². The molecule has 0 aliphatic rings. The second kappa shape index (κ2) is 10.8. The van der Waals surface area contributed by atoms with Gasteiger partial charge >= 0.3 is 5.97 Å². The number of carbonyl (C=O) groups excluding carboxylic acids is 1. The number of nitriles is 1.